The Morgan fingerprint density at radius 3 is 2.93 bits per heavy atom. The Kier molecular flexibility index (Phi) is 2.70. The van der Waals surface area contributed by atoms with Crippen molar-refractivity contribution in [1.29, 1.82) is 0 Å². The van der Waals surface area contributed by atoms with Gasteiger partial charge in [-0.2, -0.15) is 4.98 Å². The number of hydrogen-bond donors (Lipinski definition) is 1. The van der Waals surface area contributed by atoms with Gasteiger partial charge in [0, 0.05) is 10.6 Å². The summed E-state index contributed by atoms with van der Waals surface area (Å²) in [5.74, 6) is 0.642. The van der Waals surface area contributed by atoms with Gasteiger partial charge in [-0.15, -0.1) is 0 Å². The van der Waals surface area contributed by atoms with E-state index < -0.39 is 0 Å². The summed E-state index contributed by atoms with van der Waals surface area (Å²) in [4.78, 5) is 4.01. The van der Waals surface area contributed by atoms with Crippen molar-refractivity contribution < 1.29 is 9.63 Å². The van der Waals surface area contributed by atoms with Crippen LogP contribution in [0.3, 0.4) is 0 Å². The molecule has 0 aliphatic carbocycles. The number of hydrogen-bond acceptors (Lipinski definition) is 4. The van der Waals surface area contributed by atoms with Crippen LogP contribution >= 0.6 is 11.6 Å². The molecule has 0 unspecified atom stereocenters. The van der Waals surface area contributed by atoms with E-state index >= 15 is 0 Å². The lowest BCUT2D eigenvalue weighted by Gasteiger charge is -2.00. The third kappa shape index (κ3) is 2.00. The molecule has 0 fully saturated rings. The van der Waals surface area contributed by atoms with Crippen molar-refractivity contribution in [3.05, 3.63) is 34.6 Å². The number of aliphatic hydroxyl groups is 1. The fraction of sp³-hybridized carbons (Fsp3) is 0.200. The van der Waals surface area contributed by atoms with E-state index in [2.05, 4.69) is 10.1 Å². The van der Waals surface area contributed by atoms with Crippen LogP contribution in [0.5, 0.6) is 0 Å². The molecule has 1 aromatic heterocycles. The Balaban J connectivity index is 2.48. The molecule has 1 aromatic carbocycles. The minimum Gasteiger partial charge on any atom is -0.388 e. The average Bonchev–Trinajstić information content (AvgIpc) is 2.70. The van der Waals surface area contributed by atoms with Gasteiger partial charge in [0.25, 0.3) is 5.89 Å². The van der Waals surface area contributed by atoms with E-state index in [4.69, 9.17) is 21.2 Å². The van der Waals surface area contributed by atoms with E-state index in [-0.39, 0.29) is 12.4 Å². The minimum absolute atomic E-state index is 0.233. The van der Waals surface area contributed by atoms with E-state index in [0.717, 1.165) is 11.1 Å². The van der Waals surface area contributed by atoms with Gasteiger partial charge in [0.15, 0.2) is 5.82 Å². The number of benzene rings is 1. The third-order valence-corrected chi connectivity index (χ3v) is 2.27. The van der Waals surface area contributed by atoms with E-state index in [1.54, 1.807) is 12.1 Å². The zero-order valence-corrected chi connectivity index (χ0v) is 8.82. The summed E-state index contributed by atoms with van der Waals surface area (Å²) >= 11 is 5.87. The van der Waals surface area contributed by atoms with Crippen LogP contribution in [0, 0.1) is 6.92 Å². The normalized spacial score (nSPS) is 10.6. The highest BCUT2D eigenvalue weighted by atomic mass is 35.5. The van der Waals surface area contributed by atoms with Crippen LogP contribution in [0.25, 0.3) is 11.5 Å². The molecular weight excluding hydrogens is 216 g/mol. The smallest absolute Gasteiger partial charge is 0.258 e. The highest BCUT2D eigenvalue weighted by Crippen LogP contribution is 2.24. The standard InChI is InChI=1S/C10H9ClN2O2/c1-6-2-3-7(11)4-8(6)10-12-9(5-14)13-15-10/h2-4,14H,5H2,1H3. The molecule has 0 aliphatic heterocycles. The number of aryl methyl sites for hydroxylation is 1. The van der Waals surface area contributed by atoms with Crippen LogP contribution in [0.15, 0.2) is 22.7 Å². The molecule has 4 nitrogen and oxygen atoms in total. The molecule has 2 rings (SSSR count). The van der Waals surface area contributed by atoms with Crippen molar-refractivity contribution in [3.63, 3.8) is 0 Å². The van der Waals surface area contributed by atoms with Crippen molar-refractivity contribution in [1.82, 2.24) is 10.1 Å². The van der Waals surface area contributed by atoms with Gasteiger partial charge in [0.1, 0.15) is 6.61 Å². The molecule has 2 aromatic rings. The van der Waals surface area contributed by atoms with Crippen molar-refractivity contribution in [2.45, 2.75) is 13.5 Å². The fourth-order valence-corrected chi connectivity index (χ4v) is 1.42. The first-order valence-corrected chi connectivity index (χ1v) is 4.78. The SMILES string of the molecule is Cc1ccc(Cl)cc1-c1nc(CO)no1. The fourth-order valence-electron chi connectivity index (χ4n) is 1.25. The Labute approximate surface area is 91.5 Å². The molecule has 1 N–H and O–H groups in total. The maximum absolute atomic E-state index is 8.81. The molecule has 78 valence electrons. The summed E-state index contributed by atoms with van der Waals surface area (Å²) in [6, 6.07) is 5.43. The minimum atomic E-state index is -0.233. The van der Waals surface area contributed by atoms with Gasteiger partial charge in [-0.25, -0.2) is 0 Å². The largest absolute Gasteiger partial charge is 0.388 e. The quantitative estimate of drug-likeness (QED) is 0.850. The van der Waals surface area contributed by atoms with E-state index in [1.807, 2.05) is 13.0 Å². The van der Waals surface area contributed by atoms with Crippen LogP contribution in [0.2, 0.25) is 5.02 Å². The summed E-state index contributed by atoms with van der Waals surface area (Å²) in [6.07, 6.45) is 0. The van der Waals surface area contributed by atoms with E-state index in [1.165, 1.54) is 0 Å². The number of rotatable bonds is 2. The lowest BCUT2D eigenvalue weighted by molar-refractivity contribution is 0.264. The van der Waals surface area contributed by atoms with Crippen LogP contribution in [0.4, 0.5) is 0 Å². The molecule has 0 bridgehead atoms. The van der Waals surface area contributed by atoms with Gasteiger partial charge in [-0.3, -0.25) is 0 Å². The van der Waals surface area contributed by atoms with Gasteiger partial charge in [0.2, 0.25) is 0 Å². The molecule has 1 heterocycles. The summed E-state index contributed by atoms with van der Waals surface area (Å²) in [5.41, 5.74) is 1.78. The maximum atomic E-state index is 8.81. The number of aromatic nitrogens is 2. The molecule has 0 saturated heterocycles. The monoisotopic (exact) mass is 224 g/mol. The lowest BCUT2D eigenvalue weighted by atomic mass is 10.1. The average molecular weight is 225 g/mol. The first-order valence-electron chi connectivity index (χ1n) is 4.40. The Morgan fingerprint density at radius 2 is 2.27 bits per heavy atom. The second-order valence-electron chi connectivity index (χ2n) is 3.13. The zero-order valence-electron chi connectivity index (χ0n) is 8.07. The Bertz CT molecular complexity index is 482. The third-order valence-electron chi connectivity index (χ3n) is 2.04. The molecule has 15 heavy (non-hydrogen) atoms. The van der Waals surface area contributed by atoms with Crippen molar-refractivity contribution in [3.8, 4) is 11.5 Å². The summed E-state index contributed by atoms with van der Waals surface area (Å²) < 4.78 is 5.00. The molecule has 0 spiro atoms. The van der Waals surface area contributed by atoms with Gasteiger partial charge in [0.05, 0.1) is 0 Å². The highest BCUT2D eigenvalue weighted by molar-refractivity contribution is 6.30. The number of aliphatic hydroxyl groups excluding tert-OH is 1. The molecule has 0 aliphatic rings. The van der Waals surface area contributed by atoms with Crippen molar-refractivity contribution in [2.24, 2.45) is 0 Å². The zero-order chi connectivity index (χ0) is 10.8. The van der Waals surface area contributed by atoms with Gasteiger partial charge >= 0.3 is 0 Å². The predicted octanol–water partition coefficient (Wildman–Crippen LogP) is 2.19. The number of nitrogens with zero attached hydrogens (tertiary/aromatic N) is 2. The molecule has 0 amide bonds. The Hall–Kier alpha value is -1.39. The Morgan fingerprint density at radius 1 is 1.47 bits per heavy atom. The first kappa shape index (κ1) is 10.1. The van der Waals surface area contributed by atoms with Crippen LogP contribution < -0.4 is 0 Å². The maximum Gasteiger partial charge on any atom is 0.258 e. The van der Waals surface area contributed by atoms with E-state index in [0.29, 0.717) is 10.9 Å². The van der Waals surface area contributed by atoms with Crippen LogP contribution in [0.1, 0.15) is 11.4 Å². The summed E-state index contributed by atoms with van der Waals surface area (Å²) in [7, 11) is 0. The van der Waals surface area contributed by atoms with E-state index in [9.17, 15) is 0 Å². The number of halogens is 1. The molecule has 5 heteroatoms. The summed E-state index contributed by atoms with van der Waals surface area (Å²) in [6.45, 7) is 1.69. The molecular formula is C10H9ClN2O2. The van der Waals surface area contributed by atoms with Crippen LogP contribution in [-0.4, -0.2) is 15.2 Å². The predicted molar refractivity (Wildman–Crippen MR) is 55.4 cm³/mol. The highest BCUT2D eigenvalue weighted by Gasteiger charge is 2.10. The topological polar surface area (TPSA) is 59.2 Å². The van der Waals surface area contributed by atoms with Crippen molar-refractivity contribution in [2.75, 3.05) is 0 Å². The molecule has 0 radical (unpaired) electrons. The first-order chi connectivity index (χ1) is 7.20. The van der Waals surface area contributed by atoms with Gasteiger partial charge in [-0.05, 0) is 24.6 Å². The van der Waals surface area contributed by atoms with Gasteiger partial charge < -0.3 is 9.63 Å². The van der Waals surface area contributed by atoms with Crippen molar-refractivity contribution >= 4 is 11.6 Å². The molecule has 0 atom stereocenters. The van der Waals surface area contributed by atoms with Crippen LogP contribution in [-0.2, 0) is 6.61 Å². The molecule has 0 saturated carbocycles. The van der Waals surface area contributed by atoms with Gasteiger partial charge in [-0.1, -0.05) is 22.8 Å². The second-order valence-corrected chi connectivity index (χ2v) is 3.57. The lowest BCUT2D eigenvalue weighted by Crippen LogP contribution is -1.86. The second kappa shape index (κ2) is 4.00. The summed E-state index contributed by atoms with van der Waals surface area (Å²) in [5, 5.41) is 13.0.